The van der Waals surface area contributed by atoms with Crippen LogP contribution in [-0.4, -0.2) is 86.4 Å². The number of hydrogen-bond donors (Lipinski definition) is 3. The van der Waals surface area contributed by atoms with Gasteiger partial charge in [-0.2, -0.15) is 74.6 Å². The van der Waals surface area contributed by atoms with E-state index in [0.29, 0.717) is 6.07 Å². The van der Waals surface area contributed by atoms with Crippen LogP contribution in [0, 0.1) is 17.6 Å². The van der Waals surface area contributed by atoms with Gasteiger partial charge in [-0.3, -0.25) is 15.3 Å². The minimum absolute atomic E-state index is 0.00265. The van der Waals surface area contributed by atoms with Crippen LogP contribution < -0.4 is 15.5 Å². The van der Waals surface area contributed by atoms with Crippen LogP contribution in [0.5, 0.6) is 5.75 Å². The molecule has 65 heavy (non-hydrogen) atoms. The van der Waals surface area contributed by atoms with Crippen LogP contribution >= 0.6 is 0 Å². The highest BCUT2D eigenvalue weighted by atomic mass is 28.4. The van der Waals surface area contributed by atoms with Crippen LogP contribution in [-0.2, 0) is 14.0 Å². The van der Waals surface area contributed by atoms with Crippen molar-refractivity contribution in [2.45, 2.75) is 112 Å². The molecule has 0 heterocycles. The normalized spacial score (nSPS) is 15.1. The summed E-state index contributed by atoms with van der Waals surface area (Å²) in [7, 11) is -4.07. The molecule has 0 unspecified atom stereocenters. The van der Waals surface area contributed by atoms with E-state index in [4.69, 9.17) is 19.1 Å². The van der Waals surface area contributed by atoms with Crippen LogP contribution in [0.15, 0.2) is 54.6 Å². The largest absolute Gasteiger partial charge is 0.491 e. The number of halogens is 19. The zero-order valence-corrected chi connectivity index (χ0v) is 35.0. The third kappa shape index (κ3) is 11.4. The first kappa shape index (κ1) is 56.7. The van der Waals surface area contributed by atoms with E-state index >= 15 is 0 Å². The fraction of sp³-hybridized carbons (Fsp3) is 0.568. The predicted molar refractivity (Wildman–Crippen MR) is 191 cm³/mol. The Morgan fingerprint density at radius 3 is 1.65 bits per heavy atom. The van der Waals surface area contributed by atoms with Crippen molar-refractivity contribution in [2.24, 2.45) is 5.92 Å². The average molecular weight is 997 g/mol. The molecule has 0 spiro atoms. The van der Waals surface area contributed by atoms with Crippen LogP contribution in [0.25, 0.3) is 0 Å². The van der Waals surface area contributed by atoms with Crippen molar-refractivity contribution < 1.29 is 112 Å². The number of carbonyl (C=O) groups excluding carboxylic acids is 2. The Bertz CT molecular complexity index is 1960. The van der Waals surface area contributed by atoms with E-state index in [2.05, 4.69) is 5.32 Å². The molecular weight excluding hydrogens is 957 g/mol. The number of hydrogen-bond acceptors (Lipinski definition) is 6. The maximum atomic E-state index is 15.0. The molecule has 0 bridgehead atoms. The van der Waals surface area contributed by atoms with Gasteiger partial charge in [0.1, 0.15) is 30.1 Å². The molecule has 0 aliphatic rings. The van der Waals surface area contributed by atoms with Gasteiger partial charge in [-0.25, -0.2) is 19.1 Å². The molecule has 28 heteroatoms. The molecule has 2 amide bonds. The summed E-state index contributed by atoms with van der Waals surface area (Å²) in [6, 6.07) is 5.97. The third-order valence-corrected chi connectivity index (χ3v) is 15.7. The van der Waals surface area contributed by atoms with Gasteiger partial charge >= 0.3 is 53.7 Å². The van der Waals surface area contributed by atoms with Gasteiger partial charge in [-0.15, -0.1) is 0 Å². The van der Waals surface area contributed by atoms with Gasteiger partial charge in [0.2, 0.25) is 0 Å². The van der Waals surface area contributed by atoms with E-state index in [1.165, 1.54) is 70.4 Å². The van der Waals surface area contributed by atoms with Gasteiger partial charge in [-0.05, 0) is 47.0 Å². The number of anilines is 1. The Hall–Kier alpha value is -4.47. The number of rotatable bonds is 22. The fourth-order valence-corrected chi connectivity index (χ4v) is 10.7. The Labute approximate surface area is 357 Å². The van der Waals surface area contributed by atoms with Gasteiger partial charge in [0.15, 0.2) is 8.32 Å². The number of carbonyl (C=O) groups is 2. The minimum atomic E-state index is -8.73. The Balaban J connectivity index is 2.30. The molecule has 0 fully saturated rings. The molecule has 2 aromatic carbocycles. The lowest BCUT2D eigenvalue weighted by atomic mass is 9.88. The third-order valence-electron chi connectivity index (χ3n) is 10.0. The molecule has 0 saturated heterocycles. The standard InChI is InChI=1S/C37H39F19N2O6Si/c1-19(2)65(20(3)4,17-14-30(40,41)31(42,43)32(44,45)33(46,47)34(48,49)35(50,51)36(52,53)37(54,55)56)63-16-15-62-24-10-7-22(8-11-24)28(21(5)6-13-27(59)58-61)64-29(60)57-26-12-9-23(38)18-25(26)39/h6-13,18-21,28,61H,14-17H2,1-5H3,(H,57,60)(H,58,59)/b13-6+/t21-,28+/m1/s1. The van der Waals surface area contributed by atoms with Crippen molar-refractivity contribution in [1.29, 1.82) is 0 Å². The Morgan fingerprint density at radius 2 is 1.18 bits per heavy atom. The number of benzene rings is 2. The number of alkyl halides is 17. The summed E-state index contributed by atoms with van der Waals surface area (Å²) < 4.78 is 280. The van der Waals surface area contributed by atoms with Crippen LogP contribution in [0.1, 0.15) is 52.7 Å². The zero-order chi connectivity index (χ0) is 50.6. The highest BCUT2D eigenvalue weighted by Crippen LogP contribution is 2.64. The molecule has 3 N–H and O–H groups in total. The van der Waals surface area contributed by atoms with Crippen molar-refractivity contribution in [2.75, 3.05) is 18.5 Å². The maximum absolute atomic E-state index is 15.0. The van der Waals surface area contributed by atoms with Crippen LogP contribution in [0.4, 0.5) is 93.9 Å². The van der Waals surface area contributed by atoms with Gasteiger partial charge < -0.3 is 13.9 Å². The summed E-state index contributed by atoms with van der Waals surface area (Å²) in [6.07, 6.45) is -10.9. The summed E-state index contributed by atoms with van der Waals surface area (Å²) in [5.74, 6) is -61.0. The van der Waals surface area contributed by atoms with Gasteiger partial charge in [0.25, 0.3) is 5.91 Å². The van der Waals surface area contributed by atoms with Gasteiger partial charge in [0, 0.05) is 24.5 Å². The summed E-state index contributed by atoms with van der Waals surface area (Å²) in [5.41, 5.74) is -0.823. The number of nitrogens with one attached hydrogen (secondary N) is 2. The minimum Gasteiger partial charge on any atom is -0.491 e. The van der Waals surface area contributed by atoms with E-state index in [0.717, 1.165) is 18.2 Å². The summed E-state index contributed by atoms with van der Waals surface area (Å²) in [6.45, 7) is 5.44. The summed E-state index contributed by atoms with van der Waals surface area (Å²) in [4.78, 5) is 24.2. The fourth-order valence-electron chi connectivity index (χ4n) is 6.20. The van der Waals surface area contributed by atoms with Gasteiger partial charge in [-0.1, -0.05) is 52.8 Å². The average Bonchev–Trinajstić information content (AvgIpc) is 3.18. The van der Waals surface area contributed by atoms with Crippen molar-refractivity contribution in [3.8, 4) is 5.75 Å². The van der Waals surface area contributed by atoms with Crippen LogP contribution in [0.2, 0.25) is 17.1 Å². The van der Waals surface area contributed by atoms with Gasteiger partial charge in [0.05, 0.1) is 12.3 Å². The number of amides is 2. The first-order valence-corrected chi connectivity index (χ1v) is 20.7. The second-order valence-corrected chi connectivity index (χ2v) is 20.0. The first-order valence-electron chi connectivity index (χ1n) is 18.5. The number of ether oxygens (including phenoxy) is 2. The quantitative estimate of drug-likeness (QED) is 0.0271. The molecule has 0 saturated carbocycles. The highest BCUT2D eigenvalue weighted by Gasteiger charge is 2.95. The van der Waals surface area contributed by atoms with Crippen molar-refractivity contribution in [3.63, 3.8) is 0 Å². The van der Waals surface area contributed by atoms with E-state index in [-0.39, 0.29) is 11.3 Å². The Kier molecular flexibility index (Phi) is 17.6. The van der Waals surface area contributed by atoms with Crippen molar-refractivity contribution in [3.05, 3.63) is 71.8 Å². The highest BCUT2D eigenvalue weighted by molar-refractivity contribution is 6.76. The van der Waals surface area contributed by atoms with E-state index < -0.39 is 134 Å². The molecule has 0 radical (unpaired) electrons. The monoisotopic (exact) mass is 996 g/mol. The van der Waals surface area contributed by atoms with E-state index in [1.54, 1.807) is 0 Å². The second-order valence-electron chi connectivity index (χ2n) is 14.9. The topological polar surface area (TPSA) is 106 Å². The summed E-state index contributed by atoms with van der Waals surface area (Å²) in [5, 5.41) is 10.8. The van der Waals surface area contributed by atoms with E-state index in [9.17, 15) is 93.0 Å². The molecule has 2 atom stereocenters. The lowest BCUT2D eigenvalue weighted by molar-refractivity contribution is -0.461. The predicted octanol–water partition coefficient (Wildman–Crippen LogP) is 12.5. The smallest absolute Gasteiger partial charge is 0.460 e. The zero-order valence-electron chi connectivity index (χ0n) is 34.0. The Morgan fingerprint density at radius 1 is 0.692 bits per heavy atom. The van der Waals surface area contributed by atoms with Crippen molar-refractivity contribution in [1.82, 2.24) is 5.48 Å². The number of hydroxylamine groups is 1. The SMILES string of the molecule is CC(C)[Si](CCC(F)(F)C(F)(F)C(F)(F)C(F)(F)C(F)(F)C(F)(F)C(F)(F)C(F)(F)F)(OCCOc1ccc([C@@H](OC(=O)Nc2ccc(F)cc2F)[C@H](C)/C=C/C(=O)NO)cc1)C(C)C. The molecule has 2 rings (SSSR count). The molecule has 0 aliphatic carbocycles. The van der Waals surface area contributed by atoms with E-state index in [1.807, 2.05) is 0 Å². The molecule has 370 valence electrons. The molecular formula is C37H39F19N2O6Si. The molecule has 8 nitrogen and oxygen atoms in total. The lowest BCUT2D eigenvalue weighted by Crippen LogP contribution is -2.74. The molecule has 0 aromatic heterocycles. The molecule has 2 aromatic rings. The van der Waals surface area contributed by atoms with Crippen LogP contribution in [0.3, 0.4) is 0 Å². The summed E-state index contributed by atoms with van der Waals surface area (Å²) >= 11 is 0. The first-order chi connectivity index (χ1) is 29.3. The molecule has 0 aliphatic heterocycles. The van der Waals surface area contributed by atoms with Crippen molar-refractivity contribution >= 4 is 26.0 Å². The lowest BCUT2D eigenvalue weighted by Gasteiger charge is -2.44. The maximum Gasteiger partial charge on any atom is 0.460 e. The second kappa shape index (κ2) is 20.2.